The van der Waals surface area contributed by atoms with Gasteiger partial charge >= 0.3 is 0 Å². The zero-order valence-corrected chi connectivity index (χ0v) is 28.4. The monoisotopic (exact) mass is 660 g/mol. The van der Waals surface area contributed by atoms with Crippen LogP contribution < -0.4 is 0 Å². The van der Waals surface area contributed by atoms with E-state index in [1.54, 1.807) is 0 Å². The summed E-state index contributed by atoms with van der Waals surface area (Å²) in [7, 11) is 0. The summed E-state index contributed by atoms with van der Waals surface area (Å²) in [5.41, 5.74) is 9.59. The van der Waals surface area contributed by atoms with Crippen molar-refractivity contribution in [1.82, 2.24) is 9.97 Å². The lowest BCUT2D eigenvalue weighted by molar-refractivity contribution is 1.19. The van der Waals surface area contributed by atoms with Gasteiger partial charge in [0, 0.05) is 16.7 Å². The lowest BCUT2D eigenvalue weighted by atomic mass is 9.92. The standard InChI is InChI=1S/C50H32N2/c1-2-12-33(13-3-1)35-22-25-37(26-23-35)47-32-48(44-21-11-10-19-42(44)40-27-24-34-14-4-5-16-38(34)30-40)52-50(51-47)49-43-20-9-7-17-39(43)31-46-41-18-8-6-15-36(41)28-29-45(46)49/h1-32H. The minimum Gasteiger partial charge on any atom is -0.228 e. The summed E-state index contributed by atoms with van der Waals surface area (Å²) in [6.45, 7) is 0. The van der Waals surface area contributed by atoms with Crippen LogP contribution in [0.1, 0.15) is 0 Å². The van der Waals surface area contributed by atoms with E-state index in [9.17, 15) is 0 Å². The zero-order valence-electron chi connectivity index (χ0n) is 28.4. The first kappa shape index (κ1) is 30.0. The molecule has 0 atom stereocenters. The first-order valence-electron chi connectivity index (χ1n) is 17.7. The first-order chi connectivity index (χ1) is 25.8. The summed E-state index contributed by atoms with van der Waals surface area (Å²) in [5.74, 6) is 0.713. The molecule has 9 aromatic carbocycles. The second-order valence-corrected chi connectivity index (χ2v) is 13.4. The van der Waals surface area contributed by atoms with Gasteiger partial charge in [-0.2, -0.15) is 0 Å². The Morgan fingerprint density at radius 2 is 0.846 bits per heavy atom. The Bertz CT molecular complexity index is 2940. The molecule has 2 heteroatoms. The van der Waals surface area contributed by atoms with E-state index in [1.807, 2.05) is 0 Å². The van der Waals surface area contributed by atoms with Gasteiger partial charge in [-0.05, 0) is 83.5 Å². The van der Waals surface area contributed by atoms with Crippen LogP contribution in [0.5, 0.6) is 0 Å². The SMILES string of the molecule is c1ccc(-c2ccc(-c3cc(-c4ccccc4-c4ccc5ccccc5c4)nc(-c4c5ccccc5cc5c4ccc4ccccc45)n3)cc2)cc1. The van der Waals surface area contributed by atoms with Gasteiger partial charge in [0.05, 0.1) is 11.4 Å². The third-order valence-electron chi connectivity index (χ3n) is 10.3. The predicted molar refractivity (Wildman–Crippen MR) is 219 cm³/mol. The minimum atomic E-state index is 0.713. The fourth-order valence-electron chi connectivity index (χ4n) is 7.69. The Morgan fingerprint density at radius 1 is 0.269 bits per heavy atom. The van der Waals surface area contributed by atoms with Gasteiger partial charge in [-0.3, -0.25) is 0 Å². The van der Waals surface area contributed by atoms with E-state index >= 15 is 0 Å². The van der Waals surface area contributed by atoms with E-state index in [2.05, 4.69) is 194 Å². The highest BCUT2D eigenvalue weighted by Gasteiger charge is 2.19. The van der Waals surface area contributed by atoms with Gasteiger partial charge in [0.2, 0.25) is 0 Å². The molecule has 0 saturated carbocycles. The summed E-state index contributed by atoms with van der Waals surface area (Å²) >= 11 is 0. The molecule has 0 aliphatic rings. The van der Waals surface area contributed by atoms with Crippen LogP contribution in [0.2, 0.25) is 0 Å². The summed E-state index contributed by atoms with van der Waals surface area (Å²) in [6, 6.07) is 69.3. The molecule has 0 aliphatic heterocycles. The molecule has 10 aromatic rings. The maximum Gasteiger partial charge on any atom is 0.161 e. The normalized spacial score (nSPS) is 11.5. The highest BCUT2D eigenvalue weighted by Crippen LogP contribution is 2.41. The van der Waals surface area contributed by atoms with E-state index < -0.39 is 0 Å². The molecular formula is C50H32N2. The van der Waals surface area contributed by atoms with Crippen molar-refractivity contribution in [1.29, 1.82) is 0 Å². The third kappa shape index (κ3) is 5.21. The Balaban J connectivity index is 1.24. The van der Waals surface area contributed by atoms with Crippen molar-refractivity contribution in [2.75, 3.05) is 0 Å². The molecule has 242 valence electrons. The van der Waals surface area contributed by atoms with Gasteiger partial charge in [-0.15, -0.1) is 0 Å². The largest absolute Gasteiger partial charge is 0.228 e. The predicted octanol–water partition coefficient (Wildman–Crippen LogP) is 13.4. The molecule has 2 nitrogen and oxygen atoms in total. The number of hydrogen-bond donors (Lipinski definition) is 0. The summed E-state index contributed by atoms with van der Waals surface area (Å²) in [6.07, 6.45) is 0. The molecule has 0 spiro atoms. The quantitative estimate of drug-likeness (QED) is 0.136. The van der Waals surface area contributed by atoms with Crippen molar-refractivity contribution in [3.8, 4) is 56.2 Å². The van der Waals surface area contributed by atoms with Crippen LogP contribution in [-0.2, 0) is 0 Å². The Hall–Kier alpha value is -6.90. The summed E-state index contributed by atoms with van der Waals surface area (Å²) in [4.78, 5) is 10.9. The average molecular weight is 661 g/mol. The Kier molecular flexibility index (Phi) is 7.18. The molecule has 0 amide bonds. The molecule has 0 radical (unpaired) electrons. The van der Waals surface area contributed by atoms with E-state index in [0.29, 0.717) is 5.82 Å². The Morgan fingerprint density at radius 3 is 1.67 bits per heavy atom. The van der Waals surface area contributed by atoms with E-state index in [0.717, 1.165) is 50.0 Å². The fraction of sp³-hybridized carbons (Fsp3) is 0. The summed E-state index contributed by atoms with van der Waals surface area (Å²) < 4.78 is 0. The van der Waals surface area contributed by atoms with E-state index in [4.69, 9.17) is 9.97 Å². The molecule has 10 rings (SSSR count). The molecule has 0 aliphatic carbocycles. The van der Waals surface area contributed by atoms with Gasteiger partial charge in [0.25, 0.3) is 0 Å². The number of nitrogens with zero attached hydrogens (tertiary/aromatic N) is 2. The number of rotatable bonds is 5. The van der Waals surface area contributed by atoms with Crippen LogP contribution in [0, 0.1) is 0 Å². The van der Waals surface area contributed by atoms with Crippen LogP contribution in [-0.4, -0.2) is 9.97 Å². The summed E-state index contributed by atoms with van der Waals surface area (Å²) in [5, 5.41) is 9.53. The molecule has 0 saturated heterocycles. The minimum absolute atomic E-state index is 0.713. The van der Waals surface area contributed by atoms with Crippen LogP contribution in [0.4, 0.5) is 0 Å². The van der Waals surface area contributed by atoms with E-state index in [-0.39, 0.29) is 0 Å². The van der Waals surface area contributed by atoms with Crippen LogP contribution >= 0.6 is 0 Å². The second-order valence-electron chi connectivity index (χ2n) is 13.4. The fourth-order valence-corrected chi connectivity index (χ4v) is 7.69. The lowest BCUT2D eigenvalue weighted by Crippen LogP contribution is -1.98. The molecule has 0 fully saturated rings. The van der Waals surface area contributed by atoms with Crippen LogP contribution in [0.25, 0.3) is 99.2 Å². The lowest BCUT2D eigenvalue weighted by Gasteiger charge is -2.16. The number of hydrogen-bond acceptors (Lipinski definition) is 2. The Labute approximate surface area is 302 Å². The van der Waals surface area contributed by atoms with Crippen molar-refractivity contribution in [2.24, 2.45) is 0 Å². The topological polar surface area (TPSA) is 25.8 Å². The highest BCUT2D eigenvalue weighted by molar-refractivity contribution is 6.19. The van der Waals surface area contributed by atoms with Crippen molar-refractivity contribution >= 4 is 43.1 Å². The molecule has 1 heterocycles. The molecule has 0 bridgehead atoms. The van der Waals surface area contributed by atoms with Gasteiger partial charge in [-0.25, -0.2) is 9.97 Å². The van der Waals surface area contributed by atoms with Gasteiger partial charge in [0.1, 0.15) is 0 Å². The number of fused-ring (bicyclic) bond motifs is 5. The number of aromatic nitrogens is 2. The van der Waals surface area contributed by atoms with Gasteiger partial charge in [0.15, 0.2) is 5.82 Å². The first-order valence-corrected chi connectivity index (χ1v) is 17.7. The highest BCUT2D eigenvalue weighted by atomic mass is 14.9. The smallest absolute Gasteiger partial charge is 0.161 e. The average Bonchev–Trinajstić information content (AvgIpc) is 3.23. The molecular weight excluding hydrogens is 629 g/mol. The van der Waals surface area contributed by atoms with Crippen LogP contribution in [0.15, 0.2) is 194 Å². The second kappa shape index (κ2) is 12.5. The molecule has 0 N–H and O–H groups in total. The van der Waals surface area contributed by atoms with Gasteiger partial charge in [-0.1, -0.05) is 176 Å². The maximum absolute atomic E-state index is 5.48. The van der Waals surface area contributed by atoms with E-state index in [1.165, 1.54) is 43.4 Å². The van der Waals surface area contributed by atoms with Crippen molar-refractivity contribution in [3.05, 3.63) is 194 Å². The zero-order chi connectivity index (χ0) is 34.4. The van der Waals surface area contributed by atoms with Crippen LogP contribution in [0.3, 0.4) is 0 Å². The molecule has 1 aromatic heterocycles. The van der Waals surface area contributed by atoms with Crippen molar-refractivity contribution < 1.29 is 0 Å². The molecule has 0 unspecified atom stereocenters. The molecule has 52 heavy (non-hydrogen) atoms. The van der Waals surface area contributed by atoms with Crippen molar-refractivity contribution in [3.63, 3.8) is 0 Å². The van der Waals surface area contributed by atoms with Crippen molar-refractivity contribution in [2.45, 2.75) is 0 Å². The third-order valence-corrected chi connectivity index (χ3v) is 10.3. The van der Waals surface area contributed by atoms with Gasteiger partial charge < -0.3 is 0 Å². The number of benzene rings is 9. The maximum atomic E-state index is 5.48.